The first-order valence-corrected chi connectivity index (χ1v) is 8.18. The van der Waals surface area contributed by atoms with Gasteiger partial charge >= 0.3 is 0 Å². The van der Waals surface area contributed by atoms with E-state index in [-0.39, 0.29) is 0 Å². The van der Waals surface area contributed by atoms with Crippen LogP contribution in [0.1, 0.15) is 11.1 Å². The third-order valence-corrected chi connectivity index (χ3v) is 4.50. The van der Waals surface area contributed by atoms with Gasteiger partial charge in [0.25, 0.3) is 0 Å². The minimum Gasteiger partial charge on any atom is -0.399 e. The Bertz CT molecular complexity index is 1290. The first kappa shape index (κ1) is 13.8. The topological polar surface area (TPSA) is 57.6 Å². The zero-order valence-corrected chi connectivity index (χ0v) is 13.4. The molecule has 0 aliphatic rings. The lowest BCUT2D eigenvalue weighted by Gasteiger charge is -1.95. The summed E-state index contributed by atoms with van der Waals surface area (Å²) in [6.07, 6.45) is 0. The van der Waals surface area contributed by atoms with Gasteiger partial charge in [-0.25, -0.2) is 0 Å². The molecule has 0 saturated heterocycles. The highest BCUT2D eigenvalue weighted by atomic mass is 14.8. The fourth-order valence-corrected chi connectivity index (χ4v) is 3.29. The molecule has 3 heteroatoms. The molecule has 0 aliphatic carbocycles. The number of hydrogen-bond donors (Lipinski definition) is 3. The van der Waals surface area contributed by atoms with Crippen LogP contribution in [0.15, 0.2) is 66.7 Å². The van der Waals surface area contributed by atoms with Crippen molar-refractivity contribution in [2.45, 2.75) is 0 Å². The molecule has 5 rings (SSSR count). The van der Waals surface area contributed by atoms with E-state index in [0.717, 1.165) is 49.7 Å². The summed E-state index contributed by atoms with van der Waals surface area (Å²) in [7, 11) is 0. The number of nitrogens with two attached hydrogens (primary N) is 1. The van der Waals surface area contributed by atoms with Gasteiger partial charge in [-0.15, -0.1) is 0 Å². The van der Waals surface area contributed by atoms with Crippen molar-refractivity contribution in [3.63, 3.8) is 0 Å². The maximum atomic E-state index is 5.88. The van der Waals surface area contributed by atoms with E-state index in [4.69, 9.17) is 5.73 Å². The Labute approximate surface area is 144 Å². The van der Waals surface area contributed by atoms with Gasteiger partial charge in [0.15, 0.2) is 0 Å². The molecule has 0 unspecified atom stereocenters. The predicted octanol–water partition coefficient (Wildman–Crippen LogP) is 4.78. The number of nitrogens with one attached hydrogen (secondary N) is 2. The minimum absolute atomic E-state index is 0.763. The summed E-state index contributed by atoms with van der Waals surface area (Å²) in [5, 5.41) is 2.31. The lowest BCUT2D eigenvalue weighted by atomic mass is 10.1. The van der Waals surface area contributed by atoms with Crippen molar-refractivity contribution in [1.29, 1.82) is 0 Å². The summed E-state index contributed by atoms with van der Waals surface area (Å²) in [4.78, 5) is 6.99. The lowest BCUT2D eigenvalue weighted by Crippen LogP contribution is -1.82. The van der Waals surface area contributed by atoms with Crippen LogP contribution in [0.4, 0.5) is 5.69 Å². The number of benzene rings is 3. The SMILES string of the molecule is Nc1ccc2c(c1)[nH]c1c3ccc(C#Cc4ccccc4)cc3[nH]c21. The fraction of sp³-hybridized carbons (Fsp3) is 0. The average molecular weight is 321 g/mol. The van der Waals surface area contributed by atoms with Gasteiger partial charge in [0, 0.05) is 33.1 Å². The van der Waals surface area contributed by atoms with Crippen molar-refractivity contribution in [3.8, 4) is 11.8 Å². The Morgan fingerprint density at radius 1 is 0.640 bits per heavy atom. The second-order valence-corrected chi connectivity index (χ2v) is 6.18. The Hall–Kier alpha value is -3.64. The van der Waals surface area contributed by atoms with Crippen LogP contribution < -0.4 is 5.73 Å². The molecule has 0 radical (unpaired) electrons. The predicted molar refractivity (Wildman–Crippen MR) is 104 cm³/mol. The minimum atomic E-state index is 0.763. The molecule has 4 N–H and O–H groups in total. The Morgan fingerprint density at radius 3 is 2.04 bits per heavy atom. The van der Waals surface area contributed by atoms with Gasteiger partial charge in [-0.3, -0.25) is 0 Å². The van der Waals surface area contributed by atoms with Crippen molar-refractivity contribution in [2.24, 2.45) is 0 Å². The normalized spacial score (nSPS) is 11.0. The summed E-state index contributed by atoms with van der Waals surface area (Å²) in [5.74, 6) is 6.44. The summed E-state index contributed by atoms with van der Waals surface area (Å²) in [5.41, 5.74) is 13.0. The first-order chi connectivity index (χ1) is 12.3. The number of anilines is 1. The number of fused-ring (bicyclic) bond motifs is 5. The van der Waals surface area contributed by atoms with E-state index in [1.54, 1.807) is 0 Å². The standard InChI is InChI=1S/C22H15N3/c23-16-9-11-18-20(13-16)25-21-17-10-8-15(12-19(17)24-22(18)21)7-6-14-4-2-1-3-5-14/h1-5,8-13,24-25H,23H2. The number of rotatable bonds is 0. The Balaban J connectivity index is 1.65. The smallest absolute Gasteiger partial charge is 0.0725 e. The first-order valence-electron chi connectivity index (χ1n) is 8.18. The molecule has 5 aromatic rings. The van der Waals surface area contributed by atoms with Gasteiger partial charge in [-0.1, -0.05) is 30.0 Å². The molecule has 3 aromatic carbocycles. The summed E-state index contributed by atoms with van der Waals surface area (Å²) >= 11 is 0. The lowest BCUT2D eigenvalue weighted by molar-refractivity contribution is 1.55. The van der Waals surface area contributed by atoms with Crippen LogP contribution in [0.3, 0.4) is 0 Å². The van der Waals surface area contributed by atoms with E-state index in [1.165, 1.54) is 0 Å². The Morgan fingerprint density at radius 2 is 1.28 bits per heavy atom. The van der Waals surface area contributed by atoms with Gasteiger partial charge < -0.3 is 15.7 Å². The molecule has 0 aliphatic heterocycles. The fourth-order valence-electron chi connectivity index (χ4n) is 3.29. The highest BCUT2D eigenvalue weighted by molar-refractivity contribution is 6.17. The Kier molecular flexibility index (Phi) is 2.86. The molecule has 0 amide bonds. The molecule has 2 heterocycles. The number of hydrogen-bond acceptors (Lipinski definition) is 1. The average Bonchev–Trinajstić information content (AvgIpc) is 3.15. The van der Waals surface area contributed by atoms with Crippen LogP contribution >= 0.6 is 0 Å². The summed E-state index contributed by atoms with van der Waals surface area (Å²) < 4.78 is 0. The van der Waals surface area contributed by atoms with Crippen LogP contribution in [0, 0.1) is 11.8 Å². The molecular weight excluding hydrogens is 306 g/mol. The highest BCUT2D eigenvalue weighted by Gasteiger charge is 2.10. The van der Waals surface area contributed by atoms with Crippen LogP contribution in [0.2, 0.25) is 0 Å². The molecular formula is C22H15N3. The van der Waals surface area contributed by atoms with Gasteiger partial charge in [0.1, 0.15) is 0 Å². The molecule has 0 spiro atoms. The number of H-pyrrole nitrogens is 2. The molecule has 0 saturated carbocycles. The van der Waals surface area contributed by atoms with Crippen molar-refractivity contribution in [2.75, 3.05) is 5.73 Å². The van der Waals surface area contributed by atoms with Crippen LogP contribution in [-0.4, -0.2) is 9.97 Å². The van der Waals surface area contributed by atoms with Gasteiger partial charge in [0.2, 0.25) is 0 Å². The number of nitrogen functional groups attached to an aromatic ring is 1. The molecule has 0 atom stereocenters. The van der Waals surface area contributed by atoms with Crippen molar-refractivity contribution in [1.82, 2.24) is 9.97 Å². The third kappa shape index (κ3) is 2.24. The van der Waals surface area contributed by atoms with Gasteiger partial charge in [-0.2, -0.15) is 0 Å². The van der Waals surface area contributed by atoms with Crippen molar-refractivity contribution in [3.05, 3.63) is 77.9 Å². The largest absolute Gasteiger partial charge is 0.399 e. The van der Waals surface area contributed by atoms with E-state index in [1.807, 2.05) is 42.5 Å². The number of aromatic nitrogens is 2. The quantitative estimate of drug-likeness (QED) is 0.279. The molecule has 2 aromatic heterocycles. The second kappa shape index (κ2) is 5.19. The van der Waals surface area contributed by atoms with E-state index in [9.17, 15) is 0 Å². The van der Waals surface area contributed by atoms with Crippen molar-refractivity contribution >= 4 is 38.5 Å². The molecule has 0 fully saturated rings. The maximum absolute atomic E-state index is 5.88. The molecule has 118 valence electrons. The number of aromatic amines is 2. The van der Waals surface area contributed by atoms with E-state index >= 15 is 0 Å². The van der Waals surface area contributed by atoms with Gasteiger partial charge in [-0.05, 0) is 48.5 Å². The van der Waals surface area contributed by atoms with Crippen LogP contribution in [0.5, 0.6) is 0 Å². The summed E-state index contributed by atoms with van der Waals surface area (Å²) in [6, 6.07) is 22.2. The monoisotopic (exact) mass is 321 g/mol. The van der Waals surface area contributed by atoms with Gasteiger partial charge in [0.05, 0.1) is 16.6 Å². The highest BCUT2D eigenvalue weighted by Crippen LogP contribution is 2.32. The van der Waals surface area contributed by atoms with Crippen LogP contribution in [0.25, 0.3) is 32.8 Å². The zero-order valence-electron chi connectivity index (χ0n) is 13.4. The maximum Gasteiger partial charge on any atom is 0.0725 e. The second-order valence-electron chi connectivity index (χ2n) is 6.18. The van der Waals surface area contributed by atoms with Crippen LogP contribution in [-0.2, 0) is 0 Å². The van der Waals surface area contributed by atoms with E-state index in [2.05, 4.69) is 46.1 Å². The zero-order chi connectivity index (χ0) is 16.8. The third-order valence-electron chi connectivity index (χ3n) is 4.50. The molecule has 3 nitrogen and oxygen atoms in total. The summed E-state index contributed by atoms with van der Waals surface area (Å²) in [6.45, 7) is 0. The molecule has 0 bridgehead atoms. The van der Waals surface area contributed by atoms with E-state index < -0.39 is 0 Å². The molecule has 25 heavy (non-hydrogen) atoms. The van der Waals surface area contributed by atoms with E-state index in [0.29, 0.717) is 0 Å². The van der Waals surface area contributed by atoms with Crippen molar-refractivity contribution < 1.29 is 0 Å².